The zero-order chi connectivity index (χ0) is 16.3. The largest absolute Gasteiger partial charge is 0.487 e. The quantitative estimate of drug-likeness (QED) is 0.648. The molecule has 0 saturated carbocycles. The summed E-state index contributed by atoms with van der Waals surface area (Å²) >= 11 is 1.52. The van der Waals surface area contributed by atoms with Crippen molar-refractivity contribution in [3.8, 4) is 17.0 Å². The van der Waals surface area contributed by atoms with Crippen LogP contribution in [-0.4, -0.2) is 23.6 Å². The molecule has 0 radical (unpaired) electrons. The summed E-state index contributed by atoms with van der Waals surface area (Å²) in [5.41, 5.74) is 2.16. The molecule has 1 N–H and O–H groups in total. The Balaban J connectivity index is 2.58. The summed E-state index contributed by atoms with van der Waals surface area (Å²) in [4.78, 5) is 15.5. The van der Waals surface area contributed by atoms with Crippen LogP contribution in [0.3, 0.4) is 0 Å². The van der Waals surface area contributed by atoms with Crippen molar-refractivity contribution < 1.29 is 9.66 Å². The van der Waals surface area contributed by atoms with E-state index in [4.69, 9.17) is 4.74 Å². The molecule has 2 aromatic rings. The molecule has 0 aliphatic carbocycles. The fourth-order valence-electron chi connectivity index (χ4n) is 2.11. The second kappa shape index (κ2) is 6.85. The molecule has 6 nitrogen and oxygen atoms in total. The maximum atomic E-state index is 11.3. The van der Waals surface area contributed by atoms with Gasteiger partial charge in [-0.05, 0) is 39.4 Å². The third kappa shape index (κ3) is 3.26. The van der Waals surface area contributed by atoms with Crippen molar-refractivity contribution in [2.45, 2.75) is 26.8 Å². The number of nitrogens with one attached hydrogen (secondary N) is 1. The van der Waals surface area contributed by atoms with E-state index in [0.717, 1.165) is 10.6 Å². The van der Waals surface area contributed by atoms with E-state index in [1.807, 2.05) is 39.3 Å². The van der Waals surface area contributed by atoms with Crippen LogP contribution >= 0.6 is 11.3 Å². The minimum absolute atomic E-state index is 0.0203. The number of aromatic nitrogens is 1. The Hall–Kier alpha value is -1.99. The summed E-state index contributed by atoms with van der Waals surface area (Å²) in [6, 6.07) is 3.54. The van der Waals surface area contributed by atoms with Crippen molar-refractivity contribution in [3.05, 3.63) is 38.2 Å². The number of thiazole rings is 1. The molecule has 1 aromatic carbocycles. The van der Waals surface area contributed by atoms with E-state index in [-0.39, 0.29) is 17.5 Å². The molecule has 118 valence electrons. The number of hydrogen-bond donors (Lipinski definition) is 1. The molecule has 2 rings (SSSR count). The summed E-state index contributed by atoms with van der Waals surface area (Å²) in [7, 11) is 1.87. The lowest BCUT2D eigenvalue weighted by molar-refractivity contribution is -0.385. The maximum absolute atomic E-state index is 11.3. The van der Waals surface area contributed by atoms with Crippen molar-refractivity contribution in [1.82, 2.24) is 10.3 Å². The predicted octanol–water partition coefficient (Wildman–Crippen LogP) is 3.71. The van der Waals surface area contributed by atoms with Gasteiger partial charge in [0.15, 0.2) is 0 Å². The number of benzene rings is 1. The highest BCUT2D eigenvalue weighted by atomic mass is 32.1. The SMILES string of the molecule is CCOc1c(-c2csc(C(C)NC)n2)cc(C)cc1[N+](=O)[O-]. The molecule has 0 fully saturated rings. The summed E-state index contributed by atoms with van der Waals surface area (Å²) in [5.74, 6) is 0.284. The molecule has 1 atom stereocenters. The number of aryl methyl sites for hydroxylation is 1. The molecular formula is C15H19N3O3S. The first kappa shape index (κ1) is 16.4. The van der Waals surface area contributed by atoms with E-state index in [2.05, 4.69) is 10.3 Å². The van der Waals surface area contributed by atoms with Gasteiger partial charge >= 0.3 is 5.69 Å². The van der Waals surface area contributed by atoms with E-state index in [1.54, 1.807) is 0 Å². The van der Waals surface area contributed by atoms with E-state index in [9.17, 15) is 10.1 Å². The average molecular weight is 321 g/mol. The number of nitro groups is 1. The molecule has 0 amide bonds. The first-order valence-electron chi connectivity index (χ1n) is 7.02. The Morgan fingerprint density at radius 2 is 2.23 bits per heavy atom. The van der Waals surface area contributed by atoms with Crippen molar-refractivity contribution in [2.24, 2.45) is 0 Å². The average Bonchev–Trinajstić information content (AvgIpc) is 2.97. The van der Waals surface area contributed by atoms with Crippen LogP contribution in [-0.2, 0) is 0 Å². The highest BCUT2D eigenvalue weighted by Gasteiger charge is 2.23. The number of nitrogens with zero attached hydrogens (tertiary/aromatic N) is 2. The molecule has 0 bridgehead atoms. The van der Waals surface area contributed by atoms with E-state index < -0.39 is 4.92 Å². The van der Waals surface area contributed by atoms with Gasteiger partial charge in [-0.3, -0.25) is 10.1 Å². The molecule has 7 heteroatoms. The molecular weight excluding hydrogens is 302 g/mol. The lowest BCUT2D eigenvalue weighted by atomic mass is 10.1. The van der Waals surface area contributed by atoms with Crippen LogP contribution in [0.15, 0.2) is 17.5 Å². The Morgan fingerprint density at radius 1 is 1.50 bits per heavy atom. The first-order valence-corrected chi connectivity index (χ1v) is 7.90. The molecule has 1 heterocycles. The Morgan fingerprint density at radius 3 is 2.82 bits per heavy atom. The highest BCUT2D eigenvalue weighted by molar-refractivity contribution is 7.10. The maximum Gasteiger partial charge on any atom is 0.311 e. The molecule has 0 aliphatic heterocycles. The van der Waals surface area contributed by atoms with Gasteiger partial charge in [-0.25, -0.2) is 4.98 Å². The van der Waals surface area contributed by atoms with Gasteiger partial charge in [0.1, 0.15) is 5.01 Å². The van der Waals surface area contributed by atoms with E-state index in [0.29, 0.717) is 17.9 Å². The molecule has 0 saturated heterocycles. The number of hydrogen-bond acceptors (Lipinski definition) is 6. The zero-order valence-electron chi connectivity index (χ0n) is 13.0. The van der Waals surface area contributed by atoms with Gasteiger partial charge in [0.25, 0.3) is 0 Å². The van der Waals surface area contributed by atoms with Crippen LogP contribution in [0, 0.1) is 17.0 Å². The summed E-state index contributed by atoms with van der Waals surface area (Å²) in [5, 5.41) is 17.3. The second-order valence-electron chi connectivity index (χ2n) is 4.93. The van der Waals surface area contributed by atoms with E-state index >= 15 is 0 Å². The lowest BCUT2D eigenvalue weighted by Crippen LogP contribution is -2.11. The second-order valence-corrected chi connectivity index (χ2v) is 5.82. The normalized spacial score (nSPS) is 12.2. The minimum Gasteiger partial charge on any atom is -0.487 e. The Bertz CT molecular complexity index is 685. The van der Waals surface area contributed by atoms with Crippen molar-refractivity contribution in [2.75, 3.05) is 13.7 Å². The van der Waals surface area contributed by atoms with Gasteiger partial charge in [-0.15, -0.1) is 11.3 Å². The fourth-order valence-corrected chi connectivity index (χ4v) is 2.99. The predicted molar refractivity (Wildman–Crippen MR) is 87.6 cm³/mol. The molecule has 0 aliphatic rings. The van der Waals surface area contributed by atoms with Gasteiger partial charge < -0.3 is 10.1 Å². The Labute approximate surface area is 133 Å². The fraction of sp³-hybridized carbons (Fsp3) is 0.400. The summed E-state index contributed by atoms with van der Waals surface area (Å²) in [6.07, 6.45) is 0. The van der Waals surface area contributed by atoms with Crippen LogP contribution in [0.25, 0.3) is 11.3 Å². The lowest BCUT2D eigenvalue weighted by Gasteiger charge is -2.10. The number of ether oxygens (including phenoxy) is 1. The summed E-state index contributed by atoms with van der Waals surface area (Å²) < 4.78 is 5.54. The molecule has 0 spiro atoms. The standard InChI is InChI=1S/C15H19N3O3S/c1-5-21-14-11(6-9(2)7-13(14)18(19)20)12-8-22-15(17-12)10(3)16-4/h6-8,10,16H,5H2,1-4H3. The van der Waals surface area contributed by atoms with Crippen LogP contribution in [0.4, 0.5) is 5.69 Å². The Kier molecular flexibility index (Phi) is 5.10. The number of nitro benzene ring substituents is 1. The molecule has 1 unspecified atom stereocenters. The molecule has 1 aromatic heterocycles. The van der Waals surface area contributed by atoms with Crippen molar-refractivity contribution >= 4 is 17.0 Å². The molecule has 22 heavy (non-hydrogen) atoms. The number of rotatable bonds is 6. The van der Waals surface area contributed by atoms with Crippen LogP contribution in [0.2, 0.25) is 0 Å². The minimum atomic E-state index is -0.412. The van der Waals surface area contributed by atoms with Crippen LogP contribution in [0.1, 0.15) is 30.5 Å². The van der Waals surface area contributed by atoms with Crippen LogP contribution < -0.4 is 10.1 Å². The third-order valence-corrected chi connectivity index (χ3v) is 4.33. The van der Waals surface area contributed by atoms with Gasteiger partial charge in [-0.1, -0.05) is 0 Å². The van der Waals surface area contributed by atoms with Gasteiger partial charge in [0.2, 0.25) is 5.75 Å². The van der Waals surface area contributed by atoms with Gasteiger partial charge in [0, 0.05) is 11.4 Å². The monoisotopic (exact) mass is 321 g/mol. The smallest absolute Gasteiger partial charge is 0.311 e. The topological polar surface area (TPSA) is 77.3 Å². The zero-order valence-corrected chi connectivity index (χ0v) is 13.9. The van der Waals surface area contributed by atoms with E-state index in [1.165, 1.54) is 17.4 Å². The highest BCUT2D eigenvalue weighted by Crippen LogP contribution is 2.39. The first-order chi connectivity index (χ1) is 10.5. The summed E-state index contributed by atoms with van der Waals surface area (Å²) in [6.45, 7) is 6.02. The third-order valence-electron chi connectivity index (χ3n) is 3.30. The van der Waals surface area contributed by atoms with Gasteiger partial charge in [-0.2, -0.15) is 0 Å². The van der Waals surface area contributed by atoms with Gasteiger partial charge in [0.05, 0.1) is 28.8 Å². The van der Waals surface area contributed by atoms with Crippen molar-refractivity contribution in [3.63, 3.8) is 0 Å². The van der Waals surface area contributed by atoms with Crippen LogP contribution in [0.5, 0.6) is 5.75 Å². The van der Waals surface area contributed by atoms with Crippen molar-refractivity contribution in [1.29, 1.82) is 0 Å².